The fraction of sp³-hybridized carbons (Fsp3) is 1.00. The number of nitrogens with two attached hydrogens (primary N) is 1. The van der Waals surface area contributed by atoms with Gasteiger partial charge in [-0.15, -0.1) is 0 Å². The third-order valence-electron chi connectivity index (χ3n) is 4.79. The Bertz CT molecular complexity index is 273. The Hall–Kier alpha value is -0.120. The van der Waals surface area contributed by atoms with Crippen LogP contribution >= 0.6 is 0 Å². The molecule has 0 amide bonds. The highest BCUT2D eigenvalue weighted by atomic mass is 15.2. The van der Waals surface area contributed by atoms with Crippen LogP contribution in [0.4, 0.5) is 0 Å². The lowest BCUT2D eigenvalue weighted by Crippen LogP contribution is -2.51. The van der Waals surface area contributed by atoms with Crippen molar-refractivity contribution in [2.24, 2.45) is 23.0 Å². The zero-order valence-electron chi connectivity index (χ0n) is 14.7. The third kappa shape index (κ3) is 5.71. The van der Waals surface area contributed by atoms with Crippen LogP contribution in [0.5, 0.6) is 0 Å². The lowest BCUT2D eigenvalue weighted by atomic mass is 9.68. The first-order valence-electron chi connectivity index (χ1n) is 8.35. The van der Waals surface area contributed by atoms with Crippen molar-refractivity contribution in [1.29, 1.82) is 0 Å². The van der Waals surface area contributed by atoms with Crippen molar-refractivity contribution >= 4 is 0 Å². The first-order chi connectivity index (χ1) is 9.22. The molecule has 2 N–H and O–H groups in total. The predicted octanol–water partition coefficient (Wildman–Crippen LogP) is 2.66. The van der Waals surface area contributed by atoms with E-state index in [1.807, 2.05) is 0 Å². The molecule has 1 fully saturated rings. The molecule has 0 heterocycles. The van der Waals surface area contributed by atoms with Crippen LogP contribution in [0.25, 0.3) is 0 Å². The summed E-state index contributed by atoms with van der Waals surface area (Å²) in [6.07, 6.45) is 3.93. The van der Waals surface area contributed by atoms with Gasteiger partial charge in [-0.1, -0.05) is 34.1 Å². The van der Waals surface area contributed by atoms with Gasteiger partial charge >= 0.3 is 0 Å². The van der Waals surface area contributed by atoms with Crippen LogP contribution in [0.3, 0.4) is 0 Å². The highest BCUT2D eigenvalue weighted by molar-refractivity contribution is 4.92. The summed E-state index contributed by atoms with van der Waals surface area (Å²) in [7, 11) is 4.31. The molecule has 1 rings (SSSR count). The summed E-state index contributed by atoms with van der Waals surface area (Å²) in [5.41, 5.74) is 6.87. The molecule has 0 aliphatic heterocycles. The van der Waals surface area contributed by atoms with Crippen LogP contribution < -0.4 is 5.73 Å². The number of hydrogen-bond acceptors (Lipinski definition) is 3. The lowest BCUT2D eigenvalue weighted by molar-refractivity contribution is 0.0942. The molecular formula is C17H37N3. The van der Waals surface area contributed by atoms with E-state index in [9.17, 15) is 0 Å². The van der Waals surface area contributed by atoms with Gasteiger partial charge in [0.1, 0.15) is 0 Å². The van der Waals surface area contributed by atoms with E-state index in [1.54, 1.807) is 0 Å². The van der Waals surface area contributed by atoms with Crippen LogP contribution in [0.1, 0.15) is 47.0 Å². The van der Waals surface area contributed by atoms with Crippen molar-refractivity contribution in [3.05, 3.63) is 0 Å². The van der Waals surface area contributed by atoms with Crippen LogP contribution in [-0.4, -0.2) is 56.1 Å². The fourth-order valence-electron chi connectivity index (χ4n) is 3.46. The molecule has 1 aliphatic carbocycles. The molecule has 1 saturated carbocycles. The minimum absolute atomic E-state index is 0.313. The minimum Gasteiger partial charge on any atom is -0.327 e. The van der Waals surface area contributed by atoms with Gasteiger partial charge in [0.05, 0.1) is 0 Å². The summed E-state index contributed by atoms with van der Waals surface area (Å²) in [5.74, 6) is 1.39. The number of hydrogen-bond donors (Lipinski definition) is 1. The van der Waals surface area contributed by atoms with Crippen molar-refractivity contribution in [3.8, 4) is 0 Å². The molecule has 20 heavy (non-hydrogen) atoms. The molecule has 0 saturated heterocycles. The van der Waals surface area contributed by atoms with E-state index < -0.39 is 0 Å². The van der Waals surface area contributed by atoms with Crippen molar-refractivity contribution in [1.82, 2.24) is 9.80 Å². The first-order valence-corrected chi connectivity index (χ1v) is 8.35. The van der Waals surface area contributed by atoms with E-state index in [4.69, 9.17) is 5.73 Å². The van der Waals surface area contributed by atoms with Gasteiger partial charge in [-0.2, -0.15) is 0 Å². The quantitative estimate of drug-likeness (QED) is 0.779. The number of likely N-dealkylation sites (N-methyl/N-ethyl adjacent to an activating group) is 1. The molecule has 0 radical (unpaired) electrons. The Morgan fingerprint density at radius 1 is 1.20 bits per heavy atom. The lowest BCUT2D eigenvalue weighted by Gasteiger charge is -2.44. The highest BCUT2D eigenvalue weighted by Gasteiger charge is 2.36. The smallest absolute Gasteiger partial charge is 0.0131 e. The second kappa shape index (κ2) is 7.77. The summed E-state index contributed by atoms with van der Waals surface area (Å²) in [5, 5.41) is 0. The van der Waals surface area contributed by atoms with Crippen LogP contribution in [0, 0.1) is 17.3 Å². The van der Waals surface area contributed by atoms with E-state index in [2.05, 4.69) is 51.6 Å². The average Bonchev–Trinajstić information content (AvgIpc) is 2.31. The Balaban J connectivity index is 2.58. The van der Waals surface area contributed by atoms with Crippen LogP contribution in [0.2, 0.25) is 0 Å². The van der Waals surface area contributed by atoms with Gasteiger partial charge in [0, 0.05) is 32.2 Å². The van der Waals surface area contributed by atoms with E-state index in [1.165, 1.54) is 32.4 Å². The molecule has 0 spiro atoms. The Labute approximate surface area is 126 Å². The van der Waals surface area contributed by atoms with Gasteiger partial charge < -0.3 is 15.5 Å². The van der Waals surface area contributed by atoms with E-state index >= 15 is 0 Å². The third-order valence-corrected chi connectivity index (χ3v) is 4.79. The monoisotopic (exact) mass is 283 g/mol. The van der Waals surface area contributed by atoms with Crippen LogP contribution in [0.15, 0.2) is 0 Å². The topological polar surface area (TPSA) is 32.5 Å². The maximum atomic E-state index is 6.55. The number of rotatable bonds is 7. The molecule has 0 aromatic carbocycles. The van der Waals surface area contributed by atoms with Gasteiger partial charge in [-0.25, -0.2) is 0 Å². The summed E-state index contributed by atoms with van der Waals surface area (Å²) in [6, 6.07) is 0.352. The maximum absolute atomic E-state index is 6.55. The normalized spacial score (nSPS) is 26.7. The first kappa shape index (κ1) is 17.9. The van der Waals surface area contributed by atoms with Gasteiger partial charge in [-0.3, -0.25) is 0 Å². The zero-order valence-corrected chi connectivity index (χ0v) is 14.7. The largest absolute Gasteiger partial charge is 0.327 e. The molecule has 1 aliphatic rings. The summed E-state index contributed by atoms with van der Waals surface area (Å²) in [6.45, 7) is 14.0. The molecule has 0 aromatic heterocycles. The summed E-state index contributed by atoms with van der Waals surface area (Å²) < 4.78 is 0. The Kier molecular flexibility index (Phi) is 6.96. The molecule has 3 nitrogen and oxygen atoms in total. The Morgan fingerprint density at radius 3 is 2.40 bits per heavy atom. The van der Waals surface area contributed by atoms with E-state index in [0.717, 1.165) is 19.0 Å². The number of nitrogens with zero attached hydrogens (tertiary/aromatic N) is 2. The van der Waals surface area contributed by atoms with Crippen LogP contribution in [-0.2, 0) is 0 Å². The minimum atomic E-state index is 0.313. The predicted molar refractivity (Wildman–Crippen MR) is 88.9 cm³/mol. The SMILES string of the molecule is CC(C)CN(CCN(C)C)CC1CCCC(C)(C)C1N. The fourth-order valence-corrected chi connectivity index (χ4v) is 3.46. The molecular weight excluding hydrogens is 246 g/mol. The van der Waals surface area contributed by atoms with Crippen molar-refractivity contribution in [3.63, 3.8) is 0 Å². The van der Waals surface area contributed by atoms with Crippen molar-refractivity contribution in [2.45, 2.75) is 53.0 Å². The average molecular weight is 284 g/mol. The van der Waals surface area contributed by atoms with Crippen molar-refractivity contribution < 1.29 is 0 Å². The second-order valence-electron chi connectivity index (χ2n) is 8.12. The van der Waals surface area contributed by atoms with Gasteiger partial charge in [0.2, 0.25) is 0 Å². The second-order valence-corrected chi connectivity index (χ2v) is 8.12. The highest BCUT2D eigenvalue weighted by Crippen LogP contribution is 2.38. The summed E-state index contributed by atoms with van der Waals surface area (Å²) >= 11 is 0. The summed E-state index contributed by atoms with van der Waals surface area (Å²) in [4.78, 5) is 4.91. The molecule has 0 aromatic rings. The molecule has 3 heteroatoms. The van der Waals surface area contributed by atoms with Gasteiger partial charge in [-0.05, 0) is 44.2 Å². The van der Waals surface area contributed by atoms with E-state index in [0.29, 0.717) is 17.4 Å². The van der Waals surface area contributed by atoms with Gasteiger partial charge in [0.15, 0.2) is 0 Å². The standard InChI is InChI=1S/C17H37N3/c1-14(2)12-20(11-10-19(5)6)13-15-8-7-9-17(3,4)16(15)18/h14-16H,7-13,18H2,1-6H3. The van der Waals surface area contributed by atoms with E-state index in [-0.39, 0.29) is 0 Å². The van der Waals surface area contributed by atoms with Crippen molar-refractivity contribution in [2.75, 3.05) is 40.3 Å². The molecule has 2 atom stereocenters. The molecule has 0 bridgehead atoms. The van der Waals surface area contributed by atoms with Gasteiger partial charge in [0.25, 0.3) is 0 Å². The maximum Gasteiger partial charge on any atom is 0.0131 e. The molecule has 120 valence electrons. The zero-order chi connectivity index (χ0) is 15.3. The molecule has 2 unspecified atom stereocenters. The Morgan fingerprint density at radius 2 is 1.85 bits per heavy atom.